The number of rotatable bonds is 3. The standard InChI is InChI=1S/C13H21NS/c1-7-11-13(15-6)12(8(2)3)9(4)10(5)14-11/h8H,7H2,1-6H3. The molecule has 0 unspecified atom stereocenters. The second kappa shape index (κ2) is 5.02. The molecule has 1 aromatic rings. The highest BCUT2D eigenvalue weighted by Crippen LogP contribution is 2.33. The maximum atomic E-state index is 4.68. The van der Waals surface area contributed by atoms with Gasteiger partial charge in [-0.2, -0.15) is 0 Å². The smallest absolute Gasteiger partial charge is 0.0542 e. The summed E-state index contributed by atoms with van der Waals surface area (Å²) in [4.78, 5) is 6.08. The maximum Gasteiger partial charge on any atom is 0.0542 e. The molecule has 0 spiro atoms. The van der Waals surface area contributed by atoms with Crippen molar-refractivity contribution < 1.29 is 0 Å². The van der Waals surface area contributed by atoms with Gasteiger partial charge in [0.25, 0.3) is 0 Å². The average Bonchev–Trinajstić information content (AvgIpc) is 2.20. The van der Waals surface area contributed by atoms with E-state index in [0.717, 1.165) is 6.42 Å². The van der Waals surface area contributed by atoms with Crippen molar-refractivity contribution in [2.45, 2.75) is 51.9 Å². The Morgan fingerprint density at radius 1 is 1.27 bits per heavy atom. The van der Waals surface area contributed by atoms with Crippen molar-refractivity contribution in [3.63, 3.8) is 0 Å². The monoisotopic (exact) mass is 223 g/mol. The van der Waals surface area contributed by atoms with Gasteiger partial charge in [0.1, 0.15) is 0 Å². The first kappa shape index (κ1) is 12.6. The van der Waals surface area contributed by atoms with Crippen LogP contribution in [0.1, 0.15) is 49.2 Å². The lowest BCUT2D eigenvalue weighted by atomic mass is 9.96. The van der Waals surface area contributed by atoms with Gasteiger partial charge in [0.15, 0.2) is 0 Å². The van der Waals surface area contributed by atoms with Gasteiger partial charge in [0.2, 0.25) is 0 Å². The van der Waals surface area contributed by atoms with Gasteiger partial charge in [0, 0.05) is 10.6 Å². The lowest BCUT2D eigenvalue weighted by Crippen LogP contribution is -2.05. The summed E-state index contributed by atoms with van der Waals surface area (Å²) in [6, 6.07) is 0. The van der Waals surface area contributed by atoms with Crippen LogP contribution < -0.4 is 0 Å². The predicted octanol–water partition coefficient (Wildman–Crippen LogP) is 4.11. The van der Waals surface area contributed by atoms with Gasteiger partial charge in [-0.3, -0.25) is 4.98 Å². The van der Waals surface area contributed by atoms with Crippen molar-refractivity contribution >= 4 is 11.8 Å². The summed E-state index contributed by atoms with van der Waals surface area (Å²) in [5, 5.41) is 0. The van der Waals surface area contributed by atoms with Crippen molar-refractivity contribution in [3.05, 3.63) is 22.5 Å². The summed E-state index contributed by atoms with van der Waals surface area (Å²) in [5.41, 5.74) is 5.31. The molecule has 1 rings (SSSR count). The first-order valence-electron chi connectivity index (χ1n) is 5.56. The van der Waals surface area contributed by atoms with E-state index in [-0.39, 0.29) is 0 Å². The Morgan fingerprint density at radius 3 is 2.27 bits per heavy atom. The summed E-state index contributed by atoms with van der Waals surface area (Å²) >= 11 is 1.84. The lowest BCUT2D eigenvalue weighted by Gasteiger charge is -2.19. The van der Waals surface area contributed by atoms with E-state index in [1.54, 1.807) is 0 Å². The fourth-order valence-electron chi connectivity index (χ4n) is 2.02. The van der Waals surface area contributed by atoms with Gasteiger partial charge < -0.3 is 0 Å². The first-order chi connectivity index (χ1) is 7.02. The van der Waals surface area contributed by atoms with Crippen LogP contribution in [0.15, 0.2) is 4.90 Å². The predicted molar refractivity (Wildman–Crippen MR) is 69.0 cm³/mol. The molecule has 0 amide bonds. The van der Waals surface area contributed by atoms with E-state index in [1.165, 1.54) is 27.4 Å². The lowest BCUT2D eigenvalue weighted by molar-refractivity contribution is 0.795. The van der Waals surface area contributed by atoms with Crippen LogP contribution in [0.3, 0.4) is 0 Å². The number of nitrogens with zero attached hydrogens (tertiary/aromatic N) is 1. The second-order valence-electron chi connectivity index (χ2n) is 4.22. The molecule has 15 heavy (non-hydrogen) atoms. The van der Waals surface area contributed by atoms with Crippen molar-refractivity contribution in [1.29, 1.82) is 0 Å². The van der Waals surface area contributed by atoms with Crippen LogP contribution in [0.2, 0.25) is 0 Å². The molecular formula is C13H21NS. The van der Waals surface area contributed by atoms with Crippen LogP contribution in [0.25, 0.3) is 0 Å². The number of aryl methyl sites for hydroxylation is 2. The van der Waals surface area contributed by atoms with Gasteiger partial charge in [-0.25, -0.2) is 0 Å². The number of pyridine rings is 1. The second-order valence-corrected chi connectivity index (χ2v) is 5.04. The Hall–Kier alpha value is -0.500. The summed E-state index contributed by atoms with van der Waals surface area (Å²) in [5.74, 6) is 0.583. The van der Waals surface area contributed by atoms with Gasteiger partial charge in [-0.1, -0.05) is 20.8 Å². The highest BCUT2D eigenvalue weighted by molar-refractivity contribution is 7.98. The maximum absolute atomic E-state index is 4.68. The topological polar surface area (TPSA) is 12.9 Å². The highest BCUT2D eigenvalue weighted by atomic mass is 32.2. The molecule has 0 saturated heterocycles. The van der Waals surface area contributed by atoms with Gasteiger partial charge >= 0.3 is 0 Å². The molecule has 0 bridgehead atoms. The van der Waals surface area contributed by atoms with E-state index in [4.69, 9.17) is 0 Å². The SMILES string of the molecule is CCc1nc(C)c(C)c(C(C)C)c1SC. The molecule has 0 radical (unpaired) electrons. The van der Waals surface area contributed by atoms with Crippen LogP contribution in [0.4, 0.5) is 0 Å². The Balaban J connectivity index is 3.49. The van der Waals surface area contributed by atoms with Crippen LogP contribution in [-0.4, -0.2) is 11.2 Å². The van der Waals surface area contributed by atoms with E-state index in [1.807, 2.05) is 11.8 Å². The molecular weight excluding hydrogens is 202 g/mol. The third-order valence-corrected chi connectivity index (χ3v) is 3.74. The van der Waals surface area contributed by atoms with E-state index in [0.29, 0.717) is 5.92 Å². The zero-order chi connectivity index (χ0) is 11.6. The summed E-state index contributed by atoms with van der Waals surface area (Å²) in [6.45, 7) is 11.0. The molecule has 2 heteroatoms. The van der Waals surface area contributed by atoms with Crippen LogP contribution >= 0.6 is 11.8 Å². The Labute approximate surface area is 97.7 Å². The Kier molecular flexibility index (Phi) is 4.21. The molecule has 0 aliphatic heterocycles. The van der Waals surface area contributed by atoms with E-state index >= 15 is 0 Å². The average molecular weight is 223 g/mol. The minimum Gasteiger partial charge on any atom is -0.257 e. The molecule has 1 nitrogen and oxygen atoms in total. The molecule has 0 N–H and O–H groups in total. The largest absolute Gasteiger partial charge is 0.257 e. The summed E-state index contributed by atoms with van der Waals surface area (Å²) < 4.78 is 0. The Bertz CT molecular complexity index is 356. The molecule has 1 heterocycles. The third kappa shape index (κ3) is 2.36. The van der Waals surface area contributed by atoms with E-state index in [9.17, 15) is 0 Å². The number of hydrogen-bond acceptors (Lipinski definition) is 2. The minimum atomic E-state index is 0.583. The number of thioether (sulfide) groups is 1. The number of hydrogen-bond donors (Lipinski definition) is 0. The number of aromatic nitrogens is 1. The van der Waals surface area contributed by atoms with Gasteiger partial charge in [0.05, 0.1) is 5.69 Å². The summed E-state index contributed by atoms with van der Waals surface area (Å²) in [6.07, 6.45) is 3.17. The fourth-order valence-corrected chi connectivity index (χ4v) is 3.05. The quantitative estimate of drug-likeness (QED) is 0.715. The first-order valence-corrected chi connectivity index (χ1v) is 6.79. The third-order valence-electron chi connectivity index (χ3n) is 2.87. The molecule has 0 atom stereocenters. The summed E-state index contributed by atoms with van der Waals surface area (Å²) in [7, 11) is 0. The zero-order valence-corrected chi connectivity index (χ0v) is 11.5. The van der Waals surface area contributed by atoms with Crippen molar-refractivity contribution in [1.82, 2.24) is 4.98 Å². The van der Waals surface area contributed by atoms with Crippen LogP contribution in [0.5, 0.6) is 0 Å². The molecule has 0 aliphatic rings. The molecule has 0 fully saturated rings. The molecule has 84 valence electrons. The van der Waals surface area contributed by atoms with Crippen molar-refractivity contribution in [2.24, 2.45) is 0 Å². The van der Waals surface area contributed by atoms with E-state index < -0.39 is 0 Å². The molecule has 0 aliphatic carbocycles. The minimum absolute atomic E-state index is 0.583. The van der Waals surface area contributed by atoms with Gasteiger partial charge in [-0.15, -0.1) is 11.8 Å². The highest BCUT2D eigenvalue weighted by Gasteiger charge is 2.15. The van der Waals surface area contributed by atoms with Crippen LogP contribution in [-0.2, 0) is 6.42 Å². The molecule has 1 aromatic heterocycles. The zero-order valence-electron chi connectivity index (χ0n) is 10.6. The van der Waals surface area contributed by atoms with E-state index in [2.05, 4.69) is 45.9 Å². The van der Waals surface area contributed by atoms with Crippen molar-refractivity contribution in [2.75, 3.05) is 6.26 Å². The fraction of sp³-hybridized carbons (Fsp3) is 0.615. The van der Waals surface area contributed by atoms with Crippen LogP contribution in [0, 0.1) is 13.8 Å². The molecule has 0 aromatic carbocycles. The van der Waals surface area contributed by atoms with Gasteiger partial charge in [-0.05, 0) is 43.6 Å². The Morgan fingerprint density at radius 2 is 1.87 bits per heavy atom. The normalized spacial score (nSPS) is 11.1. The molecule has 0 saturated carbocycles. The van der Waals surface area contributed by atoms with Crippen molar-refractivity contribution in [3.8, 4) is 0 Å².